The molecule has 1 aromatic heterocycles. The number of carbonyl (C=O) groups excluding carboxylic acids is 2. The molecule has 0 aliphatic rings. The SMILES string of the molecule is CCCCc1ccc(NC(=O)C(=O)NCCCOCc2ccco2)cc1. The smallest absolute Gasteiger partial charge is 0.313 e. The summed E-state index contributed by atoms with van der Waals surface area (Å²) in [5.74, 6) is -0.553. The van der Waals surface area contributed by atoms with Crippen molar-refractivity contribution >= 4 is 17.5 Å². The number of benzene rings is 1. The molecule has 1 aromatic carbocycles. The van der Waals surface area contributed by atoms with Gasteiger partial charge in [-0.3, -0.25) is 9.59 Å². The predicted molar refractivity (Wildman–Crippen MR) is 99.7 cm³/mol. The van der Waals surface area contributed by atoms with Crippen LogP contribution in [-0.2, 0) is 27.4 Å². The maximum Gasteiger partial charge on any atom is 0.313 e. The number of aryl methyl sites for hydroxylation is 1. The lowest BCUT2D eigenvalue weighted by atomic mass is 10.1. The molecule has 0 bridgehead atoms. The molecule has 0 saturated heterocycles. The van der Waals surface area contributed by atoms with Crippen LogP contribution in [0.1, 0.15) is 37.5 Å². The Morgan fingerprint density at radius 3 is 2.58 bits per heavy atom. The zero-order chi connectivity index (χ0) is 18.6. The van der Waals surface area contributed by atoms with Crippen molar-refractivity contribution in [3.05, 3.63) is 54.0 Å². The number of carbonyl (C=O) groups is 2. The maximum absolute atomic E-state index is 11.9. The van der Waals surface area contributed by atoms with E-state index in [9.17, 15) is 9.59 Å². The molecular formula is C20H26N2O4. The van der Waals surface area contributed by atoms with Gasteiger partial charge in [-0.1, -0.05) is 25.5 Å². The Morgan fingerprint density at radius 2 is 1.88 bits per heavy atom. The normalized spacial score (nSPS) is 10.5. The summed E-state index contributed by atoms with van der Waals surface area (Å²) in [6.07, 6.45) is 5.52. The summed E-state index contributed by atoms with van der Waals surface area (Å²) in [5, 5.41) is 5.18. The molecule has 6 nitrogen and oxygen atoms in total. The summed E-state index contributed by atoms with van der Waals surface area (Å²) < 4.78 is 10.6. The third kappa shape index (κ3) is 7.11. The van der Waals surface area contributed by atoms with Crippen LogP contribution in [0.15, 0.2) is 47.1 Å². The van der Waals surface area contributed by atoms with Gasteiger partial charge in [0.15, 0.2) is 0 Å². The van der Waals surface area contributed by atoms with Crippen molar-refractivity contribution in [1.82, 2.24) is 5.32 Å². The van der Waals surface area contributed by atoms with E-state index in [2.05, 4.69) is 17.6 Å². The summed E-state index contributed by atoms with van der Waals surface area (Å²) in [7, 11) is 0. The second-order valence-corrected chi connectivity index (χ2v) is 6.00. The van der Waals surface area contributed by atoms with Crippen LogP contribution in [0.3, 0.4) is 0 Å². The lowest BCUT2D eigenvalue weighted by molar-refractivity contribution is -0.136. The molecule has 2 N–H and O–H groups in total. The lowest BCUT2D eigenvalue weighted by Gasteiger charge is -2.07. The second kappa shape index (κ2) is 11.1. The fraction of sp³-hybridized carbons (Fsp3) is 0.400. The Morgan fingerprint density at radius 1 is 1.08 bits per heavy atom. The molecule has 6 heteroatoms. The topological polar surface area (TPSA) is 80.6 Å². The van der Waals surface area contributed by atoms with Crippen LogP contribution in [0.2, 0.25) is 0 Å². The number of unbranched alkanes of at least 4 members (excludes halogenated alkanes) is 1. The highest BCUT2D eigenvalue weighted by Gasteiger charge is 2.12. The lowest BCUT2D eigenvalue weighted by Crippen LogP contribution is -2.36. The van der Waals surface area contributed by atoms with E-state index >= 15 is 0 Å². The third-order valence-electron chi connectivity index (χ3n) is 3.81. The quantitative estimate of drug-likeness (QED) is 0.504. The van der Waals surface area contributed by atoms with Crippen molar-refractivity contribution in [3.8, 4) is 0 Å². The first-order valence-corrected chi connectivity index (χ1v) is 8.97. The van der Waals surface area contributed by atoms with Crippen LogP contribution in [0.4, 0.5) is 5.69 Å². The first-order chi connectivity index (χ1) is 12.7. The molecule has 2 aromatic rings. The Balaban J connectivity index is 1.60. The van der Waals surface area contributed by atoms with Gasteiger partial charge in [0, 0.05) is 18.8 Å². The number of amides is 2. The monoisotopic (exact) mass is 358 g/mol. The van der Waals surface area contributed by atoms with Crippen LogP contribution in [-0.4, -0.2) is 25.0 Å². The minimum atomic E-state index is -0.664. The van der Waals surface area contributed by atoms with Gasteiger partial charge in [-0.05, 0) is 49.1 Å². The Labute approximate surface area is 153 Å². The fourth-order valence-corrected chi connectivity index (χ4v) is 2.35. The largest absolute Gasteiger partial charge is 0.467 e. The van der Waals surface area contributed by atoms with E-state index in [1.54, 1.807) is 12.3 Å². The summed E-state index contributed by atoms with van der Waals surface area (Å²) in [6, 6.07) is 11.2. The van der Waals surface area contributed by atoms with E-state index in [0.29, 0.717) is 31.9 Å². The number of hydrogen-bond donors (Lipinski definition) is 2. The van der Waals surface area contributed by atoms with E-state index in [4.69, 9.17) is 9.15 Å². The molecule has 0 saturated carbocycles. The van der Waals surface area contributed by atoms with Crippen molar-refractivity contribution in [2.75, 3.05) is 18.5 Å². The molecule has 1 heterocycles. The molecular weight excluding hydrogens is 332 g/mol. The maximum atomic E-state index is 11.9. The average Bonchev–Trinajstić information content (AvgIpc) is 3.17. The Bertz CT molecular complexity index is 666. The molecule has 0 atom stereocenters. The van der Waals surface area contributed by atoms with Crippen LogP contribution < -0.4 is 10.6 Å². The minimum absolute atomic E-state index is 0.375. The number of anilines is 1. The molecule has 2 amide bonds. The van der Waals surface area contributed by atoms with Gasteiger partial charge in [0.1, 0.15) is 12.4 Å². The summed E-state index contributed by atoms with van der Waals surface area (Å²) >= 11 is 0. The van der Waals surface area contributed by atoms with E-state index in [0.717, 1.165) is 25.0 Å². The van der Waals surface area contributed by atoms with Crippen LogP contribution in [0.25, 0.3) is 0 Å². The second-order valence-electron chi connectivity index (χ2n) is 6.00. The zero-order valence-electron chi connectivity index (χ0n) is 15.1. The van der Waals surface area contributed by atoms with E-state index in [1.807, 2.05) is 30.3 Å². The number of hydrogen-bond acceptors (Lipinski definition) is 4. The molecule has 0 aliphatic heterocycles. The average molecular weight is 358 g/mol. The van der Waals surface area contributed by atoms with Crippen molar-refractivity contribution in [2.45, 2.75) is 39.2 Å². The molecule has 2 rings (SSSR count). The molecule has 140 valence electrons. The summed E-state index contributed by atoms with van der Waals surface area (Å²) in [5.41, 5.74) is 1.84. The highest BCUT2D eigenvalue weighted by Crippen LogP contribution is 2.11. The summed E-state index contributed by atoms with van der Waals surface area (Å²) in [6.45, 7) is 3.40. The third-order valence-corrected chi connectivity index (χ3v) is 3.81. The first-order valence-electron chi connectivity index (χ1n) is 8.97. The first kappa shape index (κ1) is 19.7. The molecule has 26 heavy (non-hydrogen) atoms. The van der Waals surface area contributed by atoms with Gasteiger partial charge < -0.3 is 19.8 Å². The molecule has 0 spiro atoms. The Hall–Kier alpha value is -2.60. The van der Waals surface area contributed by atoms with E-state index in [-0.39, 0.29) is 0 Å². The standard InChI is InChI=1S/C20H26N2O4/c1-2-3-6-16-8-10-17(11-9-16)22-20(24)19(23)21-12-5-13-25-15-18-7-4-14-26-18/h4,7-11,14H,2-3,5-6,12-13,15H2,1H3,(H,21,23)(H,22,24). The van der Waals surface area contributed by atoms with Crippen molar-refractivity contribution in [3.63, 3.8) is 0 Å². The zero-order valence-corrected chi connectivity index (χ0v) is 15.1. The highest BCUT2D eigenvalue weighted by molar-refractivity contribution is 6.39. The molecule has 0 unspecified atom stereocenters. The molecule has 0 radical (unpaired) electrons. The van der Waals surface area contributed by atoms with E-state index in [1.165, 1.54) is 5.56 Å². The van der Waals surface area contributed by atoms with Crippen LogP contribution >= 0.6 is 0 Å². The highest BCUT2D eigenvalue weighted by atomic mass is 16.5. The molecule has 0 aliphatic carbocycles. The van der Waals surface area contributed by atoms with Gasteiger partial charge in [-0.15, -0.1) is 0 Å². The van der Waals surface area contributed by atoms with Gasteiger partial charge >= 0.3 is 11.8 Å². The van der Waals surface area contributed by atoms with Crippen molar-refractivity contribution in [2.24, 2.45) is 0 Å². The van der Waals surface area contributed by atoms with Gasteiger partial charge in [-0.2, -0.15) is 0 Å². The van der Waals surface area contributed by atoms with Crippen LogP contribution in [0, 0.1) is 0 Å². The number of ether oxygens (including phenoxy) is 1. The minimum Gasteiger partial charge on any atom is -0.467 e. The fourth-order valence-electron chi connectivity index (χ4n) is 2.35. The van der Waals surface area contributed by atoms with Crippen LogP contribution in [0.5, 0.6) is 0 Å². The Kier molecular flexibility index (Phi) is 8.42. The van der Waals surface area contributed by atoms with Crippen molar-refractivity contribution < 1.29 is 18.7 Å². The van der Waals surface area contributed by atoms with Gasteiger partial charge in [0.25, 0.3) is 0 Å². The number of nitrogens with one attached hydrogen (secondary N) is 2. The van der Waals surface area contributed by atoms with Crippen molar-refractivity contribution in [1.29, 1.82) is 0 Å². The predicted octanol–water partition coefficient (Wildman–Crippen LogP) is 3.28. The van der Waals surface area contributed by atoms with E-state index < -0.39 is 11.8 Å². The number of rotatable bonds is 10. The molecule has 0 fully saturated rings. The van der Waals surface area contributed by atoms with Gasteiger partial charge in [0.2, 0.25) is 0 Å². The van der Waals surface area contributed by atoms with Gasteiger partial charge in [-0.25, -0.2) is 0 Å². The summed E-state index contributed by atoms with van der Waals surface area (Å²) in [4.78, 5) is 23.7. The van der Waals surface area contributed by atoms with Gasteiger partial charge in [0.05, 0.1) is 6.26 Å². The number of furan rings is 1.